The first-order valence-corrected chi connectivity index (χ1v) is 10.1. The van der Waals surface area contributed by atoms with Crippen molar-refractivity contribution in [2.45, 2.75) is 35.9 Å². The Morgan fingerprint density at radius 2 is 2.28 bits per heavy atom. The fourth-order valence-electron chi connectivity index (χ4n) is 4.39. The average molecular weight is 362 g/mol. The van der Waals surface area contributed by atoms with Gasteiger partial charge in [0.1, 0.15) is 5.60 Å². The van der Waals surface area contributed by atoms with Gasteiger partial charge in [0.05, 0.1) is 18.3 Å². The second-order valence-corrected chi connectivity index (χ2v) is 8.24. The Balaban J connectivity index is 1.45. The molecule has 0 unspecified atom stereocenters. The van der Waals surface area contributed by atoms with E-state index in [0.29, 0.717) is 6.54 Å². The molecule has 3 heterocycles. The first-order valence-electron chi connectivity index (χ1n) is 9.13. The Bertz CT molecular complexity index is 633. The molecule has 0 aliphatic carbocycles. The van der Waals surface area contributed by atoms with Crippen LogP contribution in [0, 0.1) is 0 Å². The van der Waals surface area contributed by atoms with Gasteiger partial charge in [-0.25, -0.2) is 0 Å². The summed E-state index contributed by atoms with van der Waals surface area (Å²) < 4.78 is 11.8. The lowest BCUT2D eigenvalue weighted by Crippen LogP contribution is -2.58. The molecule has 25 heavy (non-hydrogen) atoms. The summed E-state index contributed by atoms with van der Waals surface area (Å²) in [6, 6.07) is 8.20. The number of thioether (sulfide) groups is 1. The van der Waals surface area contributed by atoms with Crippen LogP contribution < -0.4 is 4.90 Å². The van der Waals surface area contributed by atoms with Crippen LogP contribution in [0.1, 0.15) is 19.3 Å². The molecule has 0 bridgehead atoms. The molecule has 0 aromatic heterocycles. The maximum atomic E-state index is 13.0. The molecule has 2 saturated heterocycles. The van der Waals surface area contributed by atoms with E-state index in [2.05, 4.69) is 17.0 Å². The van der Waals surface area contributed by atoms with Crippen molar-refractivity contribution in [2.75, 3.05) is 50.5 Å². The smallest absolute Gasteiger partial charge is 0.241 e. The maximum Gasteiger partial charge on any atom is 0.241 e. The number of carbonyl (C=O) groups is 1. The van der Waals surface area contributed by atoms with Gasteiger partial charge in [0.15, 0.2) is 0 Å². The molecule has 1 aromatic carbocycles. The zero-order chi connectivity index (χ0) is 17.3. The number of nitrogens with zero attached hydrogens (tertiary/aromatic N) is 2. The molecule has 2 fully saturated rings. The Morgan fingerprint density at radius 1 is 1.40 bits per heavy atom. The van der Waals surface area contributed by atoms with Crippen LogP contribution in [0.3, 0.4) is 0 Å². The number of fused-ring (bicyclic) bond motifs is 1. The monoisotopic (exact) mass is 362 g/mol. The van der Waals surface area contributed by atoms with E-state index in [-0.39, 0.29) is 17.6 Å². The van der Waals surface area contributed by atoms with Crippen molar-refractivity contribution in [2.24, 2.45) is 0 Å². The second kappa shape index (κ2) is 7.27. The topological polar surface area (TPSA) is 42.0 Å². The summed E-state index contributed by atoms with van der Waals surface area (Å²) in [4.78, 5) is 18.4. The number of amides is 1. The van der Waals surface area contributed by atoms with Crippen LogP contribution in [0.15, 0.2) is 29.2 Å². The number of rotatable bonds is 3. The van der Waals surface area contributed by atoms with E-state index < -0.39 is 0 Å². The number of likely N-dealkylation sites (tertiary alicyclic amines) is 1. The molecule has 6 heteroatoms. The predicted octanol–water partition coefficient (Wildman–Crippen LogP) is 2.40. The summed E-state index contributed by atoms with van der Waals surface area (Å²) in [7, 11) is 1.78. The summed E-state index contributed by atoms with van der Waals surface area (Å²) in [5.41, 5.74) is 0.838. The van der Waals surface area contributed by atoms with Crippen molar-refractivity contribution in [3.8, 4) is 0 Å². The van der Waals surface area contributed by atoms with Crippen molar-refractivity contribution in [1.29, 1.82) is 0 Å². The Labute approximate surface area is 153 Å². The lowest BCUT2D eigenvalue weighted by molar-refractivity contribution is -0.147. The first-order chi connectivity index (χ1) is 12.2. The van der Waals surface area contributed by atoms with E-state index in [1.807, 2.05) is 28.8 Å². The number of hydrogen-bond donors (Lipinski definition) is 0. The van der Waals surface area contributed by atoms with Gasteiger partial charge < -0.3 is 14.4 Å². The minimum Gasteiger partial charge on any atom is -0.378 e. The quantitative estimate of drug-likeness (QED) is 0.826. The lowest BCUT2D eigenvalue weighted by atomic mass is 9.87. The van der Waals surface area contributed by atoms with Gasteiger partial charge in [0.2, 0.25) is 5.91 Å². The standard InChI is InChI=1S/C19H26N2O3S/c1-23-17-7-9-20(14-19(17)8-4-11-24-19)13-18(22)21-10-12-25-16-6-3-2-5-15(16)21/h2-3,5-6,17H,4,7-14H2,1H3/t17-,19-/m1/s1. The third-order valence-corrected chi connectivity index (χ3v) is 6.64. The number of hydrogen-bond acceptors (Lipinski definition) is 5. The van der Waals surface area contributed by atoms with Gasteiger partial charge in [-0.2, -0.15) is 0 Å². The van der Waals surface area contributed by atoms with Crippen molar-refractivity contribution in [1.82, 2.24) is 4.90 Å². The van der Waals surface area contributed by atoms with Crippen LogP contribution in [0.2, 0.25) is 0 Å². The van der Waals surface area contributed by atoms with Crippen LogP contribution in [0.5, 0.6) is 0 Å². The van der Waals surface area contributed by atoms with Gasteiger partial charge in [-0.3, -0.25) is 9.69 Å². The van der Waals surface area contributed by atoms with E-state index in [1.54, 1.807) is 7.11 Å². The normalized spacial score (nSPS) is 29.8. The Morgan fingerprint density at radius 3 is 3.08 bits per heavy atom. The predicted molar refractivity (Wildman–Crippen MR) is 99.3 cm³/mol. The number of benzene rings is 1. The number of piperidine rings is 1. The molecule has 1 aromatic rings. The first kappa shape index (κ1) is 17.3. The van der Waals surface area contributed by atoms with E-state index in [4.69, 9.17) is 9.47 Å². The molecule has 136 valence electrons. The fourth-order valence-corrected chi connectivity index (χ4v) is 5.39. The number of carbonyl (C=O) groups excluding carboxylic acids is 1. The van der Waals surface area contributed by atoms with Crippen LogP contribution in [0.4, 0.5) is 5.69 Å². The molecule has 5 nitrogen and oxygen atoms in total. The molecular weight excluding hydrogens is 336 g/mol. The fraction of sp³-hybridized carbons (Fsp3) is 0.632. The van der Waals surface area contributed by atoms with Gasteiger partial charge in [-0.1, -0.05) is 12.1 Å². The van der Waals surface area contributed by atoms with Gasteiger partial charge >= 0.3 is 0 Å². The van der Waals surface area contributed by atoms with Gasteiger partial charge in [0, 0.05) is 44.0 Å². The highest BCUT2D eigenvalue weighted by molar-refractivity contribution is 7.99. The Hall–Kier alpha value is -1.08. The molecule has 3 aliphatic heterocycles. The zero-order valence-electron chi connectivity index (χ0n) is 14.8. The summed E-state index contributed by atoms with van der Waals surface area (Å²) in [6.07, 6.45) is 3.18. The molecule has 4 rings (SSSR count). The van der Waals surface area contributed by atoms with E-state index in [0.717, 1.165) is 56.9 Å². The summed E-state index contributed by atoms with van der Waals surface area (Å²) in [5.74, 6) is 1.15. The SMILES string of the molecule is CO[C@@H]1CCN(CC(=O)N2CCSc3ccccc32)C[C@]12CCCO2. The third-order valence-electron chi connectivity index (χ3n) is 5.59. The molecule has 0 radical (unpaired) electrons. The van der Waals surface area contributed by atoms with Crippen LogP contribution in [-0.4, -0.2) is 68.2 Å². The van der Waals surface area contributed by atoms with Crippen molar-refractivity contribution in [3.63, 3.8) is 0 Å². The zero-order valence-corrected chi connectivity index (χ0v) is 15.6. The van der Waals surface area contributed by atoms with Crippen LogP contribution in [-0.2, 0) is 14.3 Å². The van der Waals surface area contributed by atoms with Crippen molar-refractivity contribution in [3.05, 3.63) is 24.3 Å². The minimum atomic E-state index is -0.219. The Kier molecular flexibility index (Phi) is 5.04. The number of para-hydroxylation sites is 1. The molecule has 2 atom stereocenters. The minimum absolute atomic E-state index is 0.147. The van der Waals surface area contributed by atoms with Crippen LogP contribution >= 0.6 is 11.8 Å². The highest BCUT2D eigenvalue weighted by Crippen LogP contribution is 2.37. The molecule has 3 aliphatic rings. The molecule has 1 amide bonds. The van der Waals surface area contributed by atoms with Crippen molar-refractivity contribution >= 4 is 23.4 Å². The van der Waals surface area contributed by atoms with Gasteiger partial charge in [0.25, 0.3) is 0 Å². The highest BCUT2D eigenvalue weighted by Gasteiger charge is 2.47. The number of methoxy groups -OCH3 is 1. The van der Waals surface area contributed by atoms with E-state index in [1.165, 1.54) is 4.90 Å². The van der Waals surface area contributed by atoms with E-state index in [9.17, 15) is 4.79 Å². The van der Waals surface area contributed by atoms with Gasteiger partial charge in [-0.05, 0) is 31.4 Å². The number of ether oxygens (including phenoxy) is 2. The van der Waals surface area contributed by atoms with E-state index >= 15 is 0 Å². The third kappa shape index (κ3) is 3.33. The summed E-state index contributed by atoms with van der Waals surface area (Å²) in [5, 5.41) is 0. The molecule has 0 N–H and O–H groups in total. The summed E-state index contributed by atoms with van der Waals surface area (Å²) >= 11 is 1.83. The lowest BCUT2D eigenvalue weighted by Gasteiger charge is -2.45. The second-order valence-electron chi connectivity index (χ2n) is 7.10. The highest BCUT2D eigenvalue weighted by atomic mass is 32.2. The van der Waals surface area contributed by atoms with Gasteiger partial charge in [-0.15, -0.1) is 11.8 Å². The number of anilines is 1. The van der Waals surface area contributed by atoms with Crippen LogP contribution in [0.25, 0.3) is 0 Å². The average Bonchev–Trinajstić information content (AvgIpc) is 3.10. The molecule has 1 spiro atoms. The largest absolute Gasteiger partial charge is 0.378 e. The maximum absolute atomic E-state index is 13.0. The molecule has 0 saturated carbocycles. The summed E-state index contributed by atoms with van der Waals surface area (Å²) in [6.45, 7) is 3.73. The van der Waals surface area contributed by atoms with Crippen molar-refractivity contribution < 1.29 is 14.3 Å². The molecular formula is C19H26N2O3S.